The van der Waals surface area contributed by atoms with Crippen molar-refractivity contribution in [1.82, 2.24) is 9.88 Å². The highest BCUT2D eigenvalue weighted by atomic mass is 28.4. The first-order chi connectivity index (χ1) is 19.9. The number of aromatic nitrogens is 1. The molecule has 3 rings (SSSR count). The number of carbonyl (C=O) groups excluding carboxylic acids is 2. The van der Waals surface area contributed by atoms with Crippen molar-refractivity contribution in [2.45, 2.75) is 77.6 Å². The lowest BCUT2D eigenvalue weighted by Gasteiger charge is -2.42. The minimum absolute atomic E-state index is 0.00803. The van der Waals surface area contributed by atoms with Crippen molar-refractivity contribution < 1.29 is 28.6 Å². The van der Waals surface area contributed by atoms with Gasteiger partial charge in [-0.05, 0) is 53.2 Å². The van der Waals surface area contributed by atoms with Gasteiger partial charge in [0.05, 0.1) is 31.0 Å². The topological polar surface area (TPSA) is 110 Å². The molecule has 228 valence electrons. The van der Waals surface area contributed by atoms with Crippen LogP contribution in [0, 0.1) is 6.92 Å². The summed E-state index contributed by atoms with van der Waals surface area (Å²) in [6, 6.07) is 6.61. The lowest BCUT2D eigenvalue weighted by atomic mass is 10.0. The van der Waals surface area contributed by atoms with Crippen molar-refractivity contribution in [2.75, 3.05) is 25.6 Å². The summed E-state index contributed by atoms with van der Waals surface area (Å²) in [6.07, 6.45) is 4.68. The molecule has 0 spiro atoms. The number of carbonyl (C=O) groups is 2. The van der Waals surface area contributed by atoms with Crippen LogP contribution in [0.4, 0.5) is 10.5 Å². The van der Waals surface area contributed by atoms with Crippen molar-refractivity contribution in [3.8, 4) is 11.5 Å². The molecule has 2 heterocycles. The second-order valence-corrected chi connectivity index (χ2v) is 17.0. The molecule has 2 amide bonds. The molecule has 0 fully saturated rings. The van der Waals surface area contributed by atoms with Crippen LogP contribution < -0.4 is 14.5 Å². The molecule has 10 heteroatoms. The number of benzene rings is 1. The maximum Gasteiger partial charge on any atom is 0.411 e. The number of pyridine rings is 1. The smallest absolute Gasteiger partial charge is 0.411 e. The standard InChI is InChI=1S/C32H45N3O6Si/c1-10-13-40-32(38)34-28-16-30(41-42(20(2)3,21(4)5)22(6)7)29(39-9)15-27(28)31(37)35-18-25(14-26(35)19-36)24-12-11-23(8)33-17-24/h10-12,15-18,20-22,26,36H,1,13-14,19H2,2-9H3,(H,34,38)/t26-/m0/s1. The molecule has 2 aromatic rings. The quantitative estimate of drug-likeness (QED) is 0.202. The Labute approximate surface area is 250 Å². The predicted octanol–water partition coefficient (Wildman–Crippen LogP) is 6.94. The number of amides is 2. The summed E-state index contributed by atoms with van der Waals surface area (Å²) in [4.78, 5) is 32.7. The van der Waals surface area contributed by atoms with E-state index in [0.29, 0.717) is 17.9 Å². The van der Waals surface area contributed by atoms with Crippen LogP contribution in [-0.2, 0) is 4.74 Å². The number of hydrogen-bond donors (Lipinski definition) is 2. The Bertz CT molecular complexity index is 1280. The minimum atomic E-state index is -2.42. The average Bonchev–Trinajstić information content (AvgIpc) is 3.38. The zero-order chi connectivity index (χ0) is 31.2. The van der Waals surface area contributed by atoms with Gasteiger partial charge in [-0.3, -0.25) is 15.1 Å². The summed E-state index contributed by atoms with van der Waals surface area (Å²) in [5, 5.41) is 12.9. The second kappa shape index (κ2) is 14.0. The summed E-state index contributed by atoms with van der Waals surface area (Å²) in [5.74, 6) is 0.430. The number of aliphatic hydroxyl groups is 1. The van der Waals surface area contributed by atoms with Gasteiger partial charge in [-0.25, -0.2) is 4.79 Å². The zero-order valence-corrected chi connectivity index (χ0v) is 27.1. The van der Waals surface area contributed by atoms with Gasteiger partial charge in [-0.15, -0.1) is 0 Å². The molecule has 1 aromatic carbocycles. The van der Waals surface area contributed by atoms with Gasteiger partial charge in [-0.2, -0.15) is 0 Å². The van der Waals surface area contributed by atoms with E-state index in [9.17, 15) is 14.7 Å². The molecule has 0 unspecified atom stereocenters. The maximum atomic E-state index is 14.1. The third-order valence-corrected chi connectivity index (χ3v) is 14.0. The first-order valence-electron chi connectivity index (χ1n) is 14.4. The van der Waals surface area contributed by atoms with Crippen molar-refractivity contribution >= 4 is 31.6 Å². The van der Waals surface area contributed by atoms with Crippen molar-refractivity contribution in [1.29, 1.82) is 0 Å². The molecule has 2 N–H and O–H groups in total. The van der Waals surface area contributed by atoms with Crippen LogP contribution >= 0.6 is 0 Å². The van der Waals surface area contributed by atoms with E-state index in [1.54, 1.807) is 24.5 Å². The Morgan fingerprint density at radius 1 is 1.14 bits per heavy atom. The molecule has 0 bridgehead atoms. The molecule has 9 nitrogen and oxygen atoms in total. The lowest BCUT2D eigenvalue weighted by Crippen LogP contribution is -2.50. The van der Waals surface area contributed by atoms with Crippen molar-refractivity contribution in [2.24, 2.45) is 0 Å². The summed E-state index contributed by atoms with van der Waals surface area (Å²) >= 11 is 0. The Morgan fingerprint density at radius 3 is 2.33 bits per heavy atom. The average molecular weight is 596 g/mol. The zero-order valence-electron chi connectivity index (χ0n) is 26.1. The molecular weight excluding hydrogens is 550 g/mol. The largest absolute Gasteiger partial charge is 0.540 e. The van der Waals surface area contributed by atoms with Gasteiger partial charge in [0.15, 0.2) is 5.75 Å². The predicted molar refractivity (Wildman–Crippen MR) is 168 cm³/mol. The van der Waals surface area contributed by atoms with Gasteiger partial charge >= 0.3 is 6.09 Å². The Morgan fingerprint density at radius 2 is 1.81 bits per heavy atom. The van der Waals surface area contributed by atoms with Gasteiger partial charge in [0, 0.05) is 24.2 Å². The van der Waals surface area contributed by atoms with Crippen molar-refractivity contribution in [3.63, 3.8) is 0 Å². The van der Waals surface area contributed by atoms with Crippen LogP contribution in [0.15, 0.2) is 49.3 Å². The molecule has 1 atom stereocenters. The molecule has 0 saturated heterocycles. The van der Waals surface area contributed by atoms with E-state index in [0.717, 1.165) is 16.8 Å². The highest BCUT2D eigenvalue weighted by Crippen LogP contribution is 2.46. The van der Waals surface area contributed by atoms with Crippen LogP contribution in [0.1, 0.15) is 69.6 Å². The van der Waals surface area contributed by atoms with Crippen LogP contribution in [0.2, 0.25) is 16.6 Å². The Balaban J connectivity index is 2.13. The molecule has 42 heavy (non-hydrogen) atoms. The monoisotopic (exact) mass is 595 g/mol. The molecular formula is C32H45N3O6Si. The molecule has 0 radical (unpaired) electrons. The first-order valence-corrected chi connectivity index (χ1v) is 16.6. The summed E-state index contributed by atoms with van der Waals surface area (Å²) in [5.41, 5.74) is 3.89. The van der Waals surface area contributed by atoms with E-state index in [2.05, 4.69) is 58.4 Å². The SMILES string of the molecule is C=CCOC(=O)Nc1cc(O[Si](C(C)C)(C(C)C)C(C)C)c(OC)cc1C(=O)N1C=C(c2ccc(C)nc2)C[C@H]1CO. The third kappa shape index (κ3) is 6.87. The molecule has 0 aliphatic carbocycles. The number of nitrogens with zero attached hydrogens (tertiary/aromatic N) is 2. The minimum Gasteiger partial charge on any atom is -0.540 e. The molecule has 1 aromatic heterocycles. The molecule has 1 aliphatic rings. The van der Waals surface area contributed by atoms with Gasteiger partial charge in [0.25, 0.3) is 14.2 Å². The van der Waals surface area contributed by atoms with Crippen LogP contribution in [0.3, 0.4) is 0 Å². The normalized spacial score (nSPS) is 15.2. The van der Waals surface area contributed by atoms with E-state index in [1.807, 2.05) is 19.1 Å². The lowest BCUT2D eigenvalue weighted by molar-refractivity contribution is 0.0733. The fourth-order valence-corrected chi connectivity index (χ4v) is 11.2. The maximum absolute atomic E-state index is 14.1. The number of rotatable bonds is 12. The first kappa shape index (κ1) is 32.9. The van der Waals surface area contributed by atoms with Crippen LogP contribution in [0.25, 0.3) is 5.57 Å². The van der Waals surface area contributed by atoms with Gasteiger partial charge < -0.3 is 23.9 Å². The van der Waals surface area contributed by atoms with Crippen LogP contribution in [-0.4, -0.2) is 61.7 Å². The number of aryl methyl sites for hydroxylation is 1. The number of ether oxygens (including phenoxy) is 2. The summed E-state index contributed by atoms with van der Waals surface area (Å²) < 4.78 is 17.9. The van der Waals surface area contributed by atoms with Gasteiger partial charge in [0.2, 0.25) is 0 Å². The van der Waals surface area contributed by atoms with Gasteiger partial charge in [0.1, 0.15) is 12.4 Å². The van der Waals surface area contributed by atoms with E-state index < -0.39 is 26.4 Å². The van der Waals surface area contributed by atoms with Crippen molar-refractivity contribution in [3.05, 3.63) is 66.1 Å². The fraction of sp³-hybridized carbons (Fsp3) is 0.469. The number of methoxy groups -OCH3 is 1. The Kier molecular flexibility index (Phi) is 11.0. The van der Waals surface area contributed by atoms with E-state index in [1.165, 1.54) is 18.1 Å². The number of anilines is 1. The van der Waals surface area contributed by atoms with E-state index in [4.69, 9.17) is 13.9 Å². The highest BCUT2D eigenvalue weighted by Gasteiger charge is 2.47. The Hall–Kier alpha value is -3.63. The number of nitrogens with one attached hydrogen (secondary N) is 1. The third-order valence-electron chi connectivity index (χ3n) is 7.97. The summed E-state index contributed by atoms with van der Waals surface area (Å²) in [7, 11) is -0.891. The van der Waals surface area contributed by atoms with Gasteiger partial charge in [-0.1, -0.05) is 60.3 Å². The van der Waals surface area contributed by atoms with E-state index in [-0.39, 0.29) is 41.1 Å². The van der Waals surface area contributed by atoms with Crippen LogP contribution in [0.5, 0.6) is 11.5 Å². The fourth-order valence-electron chi connectivity index (χ4n) is 5.95. The number of hydrogen-bond acceptors (Lipinski definition) is 7. The second-order valence-electron chi connectivity index (χ2n) is 11.6. The van der Waals surface area contributed by atoms with E-state index >= 15 is 0 Å². The summed E-state index contributed by atoms with van der Waals surface area (Å²) in [6.45, 7) is 18.3. The molecule has 1 aliphatic heterocycles. The number of aliphatic hydroxyl groups excluding tert-OH is 1. The molecule has 0 saturated carbocycles. The highest BCUT2D eigenvalue weighted by molar-refractivity contribution is 6.78.